The van der Waals surface area contributed by atoms with Crippen LogP contribution in [0.1, 0.15) is 29.5 Å². The second-order valence-electron chi connectivity index (χ2n) is 5.09. The molecule has 23 heavy (non-hydrogen) atoms. The Hall–Kier alpha value is -1.53. The van der Waals surface area contributed by atoms with Gasteiger partial charge < -0.3 is 15.2 Å². The third-order valence-corrected chi connectivity index (χ3v) is 4.23. The molecule has 0 spiro atoms. The van der Waals surface area contributed by atoms with Crippen LogP contribution in [0.15, 0.2) is 32.2 Å². The minimum Gasteiger partial charge on any atom is -0.361 e. The Morgan fingerprint density at radius 1 is 1.35 bits per heavy atom. The molecule has 124 valence electrons. The van der Waals surface area contributed by atoms with Gasteiger partial charge in [-0.2, -0.15) is 0 Å². The third kappa shape index (κ3) is 4.97. The van der Waals surface area contributed by atoms with Gasteiger partial charge in [0.25, 0.3) is 0 Å². The summed E-state index contributed by atoms with van der Waals surface area (Å²) in [5, 5.41) is 11.2. The van der Waals surface area contributed by atoms with E-state index in [2.05, 4.69) is 36.7 Å². The molecule has 1 aromatic carbocycles. The van der Waals surface area contributed by atoms with Crippen LogP contribution in [-0.2, 0) is 13.1 Å². The van der Waals surface area contributed by atoms with E-state index in [-0.39, 0.29) is 0 Å². The lowest BCUT2D eigenvalue weighted by Crippen LogP contribution is -2.37. The third-order valence-electron chi connectivity index (χ3n) is 3.38. The summed E-state index contributed by atoms with van der Waals surface area (Å²) in [4.78, 5) is 4.58. The maximum atomic E-state index is 6.23. The van der Waals surface area contributed by atoms with Gasteiger partial charge in [-0.3, -0.25) is 0 Å². The molecule has 0 aliphatic heterocycles. The molecule has 2 aromatic rings. The second kappa shape index (κ2) is 8.36. The smallest absolute Gasteiger partial charge is 0.191 e. The Kier molecular flexibility index (Phi) is 6.47. The number of benzene rings is 1. The molecule has 0 radical (unpaired) electrons. The van der Waals surface area contributed by atoms with Crippen molar-refractivity contribution in [3.63, 3.8) is 0 Å². The average molecular weight is 400 g/mol. The molecule has 7 heteroatoms. The van der Waals surface area contributed by atoms with Crippen molar-refractivity contribution in [3.8, 4) is 0 Å². The number of hydrogen-bond acceptors (Lipinski definition) is 3. The first-order valence-corrected chi connectivity index (χ1v) is 8.56. The van der Waals surface area contributed by atoms with E-state index in [0.717, 1.165) is 39.6 Å². The lowest BCUT2D eigenvalue weighted by atomic mass is 10.2. The Morgan fingerprint density at radius 2 is 2.13 bits per heavy atom. The van der Waals surface area contributed by atoms with Crippen LogP contribution in [0.25, 0.3) is 0 Å². The molecule has 5 nitrogen and oxygen atoms in total. The number of aromatic nitrogens is 1. The second-order valence-corrected chi connectivity index (χ2v) is 6.41. The number of nitrogens with zero attached hydrogens (tertiary/aromatic N) is 2. The molecule has 0 fully saturated rings. The molecule has 0 bridgehead atoms. The molecule has 0 aliphatic carbocycles. The molecular formula is C16H20BrClN4O. The van der Waals surface area contributed by atoms with Crippen molar-refractivity contribution in [2.75, 3.05) is 6.54 Å². The first-order valence-electron chi connectivity index (χ1n) is 7.39. The van der Waals surface area contributed by atoms with Crippen molar-refractivity contribution in [3.05, 3.63) is 50.3 Å². The van der Waals surface area contributed by atoms with Crippen LogP contribution in [0.2, 0.25) is 5.02 Å². The molecule has 2 N–H and O–H groups in total. The summed E-state index contributed by atoms with van der Waals surface area (Å²) in [6.45, 7) is 7.76. The summed E-state index contributed by atoms with van der Waals surface area (Å²) in [5.74, 6) is 1.55. The highest BCUT2D eigenvalue weighted by Gasteiger charge is 2.09. The van der Waals surface area contributed by atoms with Crippen molar-refractivity contribution >= 4 is 33.5 Å². The summed E-state index contributed by atoms with van der Waals surface area (Å²) >= 11 is 9.63. The van der Waals surface area contributed by atoms with Crippen LogP contribution in [0.4, 0.5) is 0 Å². The number of hydrogen-bond donors (Lipinski definition) is 2. The predicted molar refractivity (Wildman–Crippen MR) is 96.8 cm³/mol. The van der Waals surface area contributed by atoms with Crippen LogP contribution in [0.3, 0.4) is 0 Å². The number of rotatable bonds is 5. The van der Waals surface area contributed by atoms with Gasteiger partial charge in [0.2, 0.25) is 0 Å². The van der Waals surface area contributed by atoms with Gasteiger partial charge in [0.15, 0.2) is 5.96 Å². The summed E-state index contributed by atoms with van der Waals surface area (Å²) in [6.07, 6.45) is 0. The maximum absolute atomic E-state index is 6.23. The zero-order valence-corrected chi connectivity index (χ0v) is 15.8. The van der Waals surface area contributed by atoms with Gasteiger partial charge in [0.1, 0.15) is 5.76 Å². The van der Waals surface area contributed by atoms with E-state index >= 15 is 0 Å². The summed E-state index contributed by atoms with van der Waals surface area (Å²) < 4.78 is 6.13. The molecule has 1 aromatic heterocycles. The standard InChI is InChI=1S/C16H20BrClN4O/c1-4-19-16(21-9-14-10(2)22-23-11(14)3)20-8-12-5-6-13(17)7-15(12)18/h5-7H,4,8-9H2,1-3H3,(H2,19,20,21). The first kappa shape index (κ1) is 17.8. The van der Waals surface area contributed by atoms with Crippen LogP contribution in [0.5, 0.6) is 0 Å². The van der Waals surface area contributed by atoms with Crippen LogP contribution in [-0.4, -0.2) is 17.7 Å². The quantitative estimate of drug-likeness (QED) is 0.590. The van der Waals surface area contributed by atoms with E-state index < -0.39 is 0 Å². The van der Waals surface area contributed by atoms with Crippen LogP contribution < -0.4 is 10.6 Å². The van der Waals surface area contributed by atoms with Gasteiger partial charge >= 0.3 is 0 Å². The van der Waals surface area contributed by atoms with Crippen molar-refractivity contribution in [2.45, 2.75) is 33.9 Å². The van der Waals surface area contributed by atoms with Gasteiger partial charge in [0, 0.05) is 28.1 Å². The first-order chi connectivity index (χ1) is 11.0. The number of aryl methyl sites for hydroxylation is 2. The SMILES string of the molecule is CCNC(=NCc1ccc(Br)cc1Cl)NCc1c(C)noc1C. The van der Waals surface area contributed by atoms with Gasteiger partial charge in [-0.15, -0.1) is 0 Å². The van der Waals surface area contributed by atoms with E-state index in [0.29, 0.717) is 18.1 Å². The Labute approximate surface area is 149 Å². The van der Waals surface area contributed by atoms with Crippen molar-refractivity contribution in [2.24, 2.45) is 4.99 Å². The molecule has 0 saturated carbocycles. The van der Waals surface area contributed by atoms with E-state index in [9.17, 15) is 0 Å². The summed E-state index contributed by atoms with van der Waals surface area (Å²) in [7, 11) is 0. The van der Waals surface area contributed by atoms with Gasteiger partial charge in [-0.25, -0.2) is 4.99 Å². The van der Waals surface area contributed by atoms with Gasteiger partial charge in [0.05, 0.1) is 12.2 Å². The molecule has 0 amide bonds. The monoisotopic (exact) mass is 398 g/mol. The van der Waals surface area contributed by atoms with E-state index in [4.69, 9.17) is 16.1 Å². The van der Waals surface area contributed by atoms with E-state index in [1.54, 1.807) is 0 Å². The highest BCUT2D eigenvalue weighted by molar-refractivity contribution is 9.10. The fourth-order valence-electron chi connectivity index (χ4n) is 2.08. The molecule has 0 saturated heterocycles. The number of aliphatic imine (C=N–C) groups is 1. The van der Waals surface area contributed by atoms with Crippen LogP contribution in [0, 0.1) is 13.8 Å². The zero-order chi connectivity index (χ0) is 16.8. The fraction of sp³-hybridized carbons (Fsp3) is 0.375. The Bertz CT molecular complexity index is 680. The molecule has 1 heterocycles. The van der Waals surface area contributed by atoms with Crippen molar-refractivity contribution in [1.29, 1.82) is 0 Å². The molecule has 0 aliphatic rings. The Morgan fingerprint density at radius 3 is 2.74 bits per heavy atom. The van der Waals surface area contributed by atoms with Crippen molar-refractivity contribution < 1.29 is 4.52 Å². The topological polar surface area (TPSA) is 62.5 Å². The van der Waals surface area contributed by atoms with Gasteiger partial charge in [-0.05, 0) is 38.5 Å². The molecule has 2 rings (SSSR count). The van der Waals surface area contributed by atoms with E-state index in [1.165, 1.54) is 0 Å². The fourth-order valence-corrected chi connectivity index (χ4v) is 2.82. The molecular weight excluding hydrogens is 380 g/mol. The van der Waals surface area contributed by atoms with Crippen molar-refractivity contribution in [1.82, 2.24) is 15.8 Å². The Balaban J connectivity index is 2.05. The number of halogens is 2. The predicted octanol–water partition coefficient (Wildman–Crippen LogP) is 3.96. The maximum Gasteiger partial charge on any atom is 0.191 e. The largest absolute Gasteiger partial charge is 0.361 e. The number of guanidine groups is 1. The normalized spacial score (nSPS) is 11.6. The van der Waals surface area contributed by atoms with Crippen LogP contribution >= 0.6 is 27.5 Å². The minimum absolute atomic E-state index is 0.503. The summed E-state index contributed by atoms with van der Waals surface area (Å²) in [5.41, 5.74) is 2.92. The lowest BCUT2D eigenvalue weighted by molar-refractivity contribution is 0.392. The number of nitrogens with one attached hydrogen (secondary N) is 2. The van der Waals surface area contributed by atoms with E-state index in [1.807, 2.05) is 39.0 Å². The van der Waals surface area contributed by atoms with Gasteiger partial charge in [-0.1, -0.05) is 38.8 Å². The highest BCUT2D eigenvalue weighted by Crippen LogP contribution is 2.21. The molecule has 0 atom stereocenters. The molecule has 0 unspecified atom stereocenters. The summed E-state index contributed by atoms with van der Waals surface area (Å²) in [6, 6.07) is 5.80. The lowest BCUT2D eigenvalue weighted by Gasteiger charge is -2.11. The zero-order valence-electron chi connectivity index (χ0n) is 13.4. The highest BCUT2D eigenvalue weighted by atomic mass is 79.9. The minimum atomic E-state index is 0.503. The average Bonchev–Trinajstić information content (AvgIpc) is 2.82.